The lowest BCUT2D eigenvalue weighted by Gasteiger charge is -2.15. The highest BCUT2D eigenvalue weighted by Crippen LogP contribution is 2.09. The molecule has 1 aliphatic heterocycles. The smallest absolute Gasteiger partial charge is 0.317 e. The van der Waals surface area contributed by atoms with Gasteiger partial charge in [-0.3, -0.25) is 9.69 Å². The fraction of sp³-hybridized carbons (Fsp3) is 0.857. The number of carboxylic acid groups (broad SMARTS) is 1. The van der Waals surface area contributed by atoms with Gasteiger partial charge in [0.25, 0.3) is 0 Å². The molecule has 0 aromatic heterocycles. The molecule has 3 nitrogen and oxygen atoms in total. The number of carboxylic acids is 1. The molecule has 1 saturated heterocycles. The molecule has 12 heavy (non-hydrogen) atoms. The maximum atomic E-state index is 10.3. The van der Waals surface area contributed by atoms with Crippen molar-refractivity contribution in [3.05, 3.63) is 0 Å². The van der Waals surface area contributed by atoms with Gasteiger partial charge in [-0.1, -0.05) is 0 Å². The fourth-order valence-corrected chi connectivity index (χ4v) is 2.07. The molecule has 0 amide bonds. The zero-order valence-corrected chi connectivity index (χ0v) is 8.49. The highest BCUT2D eigenvalue weighted by atomic mass is 35.5. The first-order chi connectivity index (χ1) is 5.29. The van der Waals surface area contributed by atoms with Crippen LogP contribution in [0.15, 0.2) is 0 Å². The number of thioether (sulfide) groups is 1. The molecule has 1 aliphatic rings. The number of rotatable bonds is 2. The van der Waals surface area contributed by atoms with Crippen molar-refractivity contribution in [1.29, 1.82) is 0 Å². The van der Waals surface area contributed by atoms with Crippen LogP contribution in [0.4, 0.5) is 0 Å². The van der Waals surface area contributed by atoms with E-state index >= 15 is 0 Å². The Morgan fingerprint density at radius 2 is 2.17 bits per heavy atom. The summed E-state index contributed by atoms with van der Waals surface area (Å²) in [6.07, 6.45) is 1.12. The number of hydrogen-bond donors (Lipinski definition) is 1. The summed E-state index contributed by atoms with van der Waals surface area (Å²) < 4.78 is 0. The molecule has 0 aliphatic carbocycles. The average molecular weight is 212 g/mol. The summed E-state index contributed by atoms with van der Waals surface area (Å²) in [5, 5.41) is 8.51. The molecule has 0 bridgehead atoms. The molecule has 1 N–H and O–H groups in total. The van der Waals surface area contributed by atoms with Gasteiger partial charge in [-0.2, -0.15) is 11.8 Å². The van der Waals surface area contributed by atoms with Crippen LogP contribution in [0.2, 0.25) is 0 Å². The van der Waals surface area contributed by atoms with E-state index in [4.69, 9.17) is 5.11 Å². The first kappa shape index (κ1) is 12.1. The number of aliphatic carboxylic acids is 1. The minimum absolute atomic E-state index is 0. The molecule has 1 fully saturated rings. The molecule has 0 aromatic rings. The predicted molar refractivity (Wildman–Crippen MR) is 53.3 cm³/mol. The molecular weight excluding hydrogens is 198 g/mol. The van der Waals surface area contributed by atoms with Crippen LogP contribution in [0.5, 0.6) is 0 Å². The maximum Gasteiger partial charge on any atom is 0.317 e. The summed E-state index contributed by atoms with van der Waals surface area (Å²) in [5.41, 5.74) is 0. The van der Waals surface area contributed by atoms with E-state index in [1.807, 2.05) is 16.7 Å². The standard InChI is InChI=1S/C7H13NO2S.ClH/c9-7(10)6-8-2-1-4-11-5-3-8;/h1-6H2,(H,9,10);1H. The number of nitrogens with zero attached hydrogens (tertiary/aromatic N) is 1. The summed E-state index contributed by atoms with van der Waals surface area (Å²) >= 11 is 1.91. The number of halogens is 1. The van der Waals surface area contributed by atoms with Crippen LogP contribution in [0.25, 0.3) is 0 Å². The van der Waals surface area contributed by atoms with E-state index in [0.717, 1.165) is 25.3 Å². The summed E-state index contributed by atoms with van der Waals surface area (Å²) in [7, 11) is 0. The van der Waals surface area contributed by atoms with Gasteiger partial charge in [-0.05, 0) is 18.7 Å². The summed E-state index contributed by atoms with van der Waals surface area (Å²) in [6, 6.07) is 0. The van der Waals surface area contributed by atoms with Crippen molar-refractivity contribution in [2.24, 2.45) is 0 Å². The third-order valence-electron chi connectivity index (χ3n) is 1.67. The van der Waals surface area contributed by atoms with Crippen LogP contribution in [0.3, 0.4) is 0 Å². The van der Waals surface area contributed by atoms with Crippen molar-refractivity contribution in [2.75, 3.05) is 31.1 Å². The second kappa shape index (κ2) is 6.57. The topological polar surface area (TPSA) is 40.5 Å². The predicted octanol–water partition coefficient (Wildman–Crippen LogP) is 0.932. The van der Waals surface area contributed by atoms with E-state index in [-0.39, 0.29) is 19.0 Å². The van der Waals surface area contributed by atoms with Gasteiger partial charge in [0, 0.05) is 12.3 Å². The van der Waals surface area contributed by atoms with Crippen molar-refractivity contribution < 1.29 is 9.90 Å². The number of hydrogen-bond acceptors (Lipinski definition) is 3. The van der Waals surface area contributed by atoms with E-state index in [2.05, 4.69) is 0 Å². The Morgan fingerprint density at radius 3 is 2.83 bits per heavy atom. The third kappa shape index (κ3) is 4.85. The molecule has 5 heteroatoms. The molecular formula is C7H14ClNO2S. The lowest BCUT2D eigenvalue weighted by atomic mass is 10.4. The van der Waals surface area contributed by atoms with Crippen molar-refractivity contribution >= 4 is 30.1 Å². The zero-order valence-electron chi connectivity index (χ0n) is 6.86. The molecule has 72 valence electrons. The van der Waals surface area contributed by atoms with Gasteiger partial charge in [0.15, 0.2) is 0 Å². The van der Waals surface area contributed by atoms with Gasteiger partial charge in [-0.15, -0.1) is 12.4 Å². The van der Waals surface area contributed by atoms with Crippen molar-refractivity contribution in [2.45, 2.75) is 6.42 Å². The Hall–Kier alpha value is 0.0700. The Balaban J connectivity index is 0.00000121. The molecule has 1 rings (SSSR count). The average Bonchev–Trinajstić information content (AvgIpc) is 2.14. The number of carbonyl (C=O) groups is 1. The monoisotopic (exact) mass is 211 g/mol. The molecule has 0 spiro atoms. The Labute approximate surface area is 82.9 Å². The molecule has 1 heterocycles. The van der Waals surface area contributed by atoms with Crippen LogP contribution in [0.1, 0.15) is 6.42 Å². The summed E-state index contributed by atoms with van der Waals surface area (Å²) in [5.74, 6) is 1.54. The van der Waals surface area contributed by atoms with Crippen molar-refractivity contribution in [3.8, 4) is 0 Å². The van der Waals surface area contributed by atoms with E-state index < -0.39 is 5.97 Å². The Kier molecular flexibility index (Phi) is 6.61. The zero-order chi connectivity index (χ0) is 8.10. The van der Waals surface area contributed by atoms with E-state index in [9.17, 15) is 4.79 Å². The normalized spacial score (nSPS) is 19.3. The Bertz CT molecular complexity index is 137. The van der Waals surface area contributed by atoms with E-state index in [0.29, 0.717) is 0 Å². The highest BCUT2D eigenvalue weighted by molar-refractivity contribution is 7.99. The van der Waals surface area contributed by atoms with Crippen molar-refractivity contribution in [3.63, 3.8) is 0 Å². The minimum atomic E-state index is -0.711. The van der Waals surface area contributed by atoms with E-state index in [1.165, 1.54) is 5.75 Å². The lowest BCUT2D eigenvalue weighted by Crippen LogP contribution is -2.31. The molecule has 0 aromatic carbocycles. The first-order valence-electron chi connectivity index (χ1n) is 3.81. The second-order valence-electron chi connectivity index (χ2n) is 2.64. The van der Waals surface area contributed by atoms with Crippen LogP contribution < -0.4 is 0 Å². The summed E-state index contributed by atoms with van der Waals surface area (Å²) in [6.45, 7) is 2.08. The molecule has 0 radical (unpaired) electrons. The maximum absolute atomic E-state index is 10.3. The summed E-state index contributed by atoms with van der Waals surface area (Å²) in [4.78, 5) is 12.3. The quantitative estimate of drug-likeness (QED) is 0.738. The minimum Gasteiger partial charge on any atom is -0.480 e. The molecule has 0 saturated carbocycles. The largest absolute Gasteiger partial charge is 0.480 e. The second-order valence-corrected chi connectivity index (χ2v) is 3.86. The van der Waals surface area contributed by atoms with Gasteiger partial charge in [0.05, 0.1) is 6.54 Å². The van der Waals surface area contributed by atoms with E-state index in [1.54, 1.807) is 0 Å². The van der Waals surface area contributed by atoms with Crippen LogP contribution in [-0.2, 0) is 4.79 Å². The highest BCUT2D eigenvalue weighted by Gasteiger charge is 2.11. The van der Waals surface area contributed by atoms with Gasteiger partial charge in [-0.25, -0.2) is 0 Å². The third-order valence-corrected chi connectivity index (χ3v) is 2.72. The first-order valence-corrected chi connectivity index (χ1v) is 4.96. The van der Waals surface area contributed by atoms with Gasteiger partial charge < -0.3 is 5.11 Å². The van der Waals surface area contributed by atoms with Gasteiger partial charge in [0.1, 0.15) is 0 Å². The van der Waals surface area contributed by atoms with Crippen LogP contribution in [0, 0.1) is 0 Å². The van der Waals surface area contributed by atoms with Crippen molar-refractivity contribution in [1.82, 2.24) is 4.90 Å². The molecule has 0 atom stereocenters. The van der Waals surface area contributed by atoms with Gasteiger partial charge in [0.2, 0.25) is 0 Å². The van der Waals surface area contributed by atoms with Crippen LogP contribution >= 0.6 is 24.2 Å². The fourth-order valence-electron chi connectivity index (χ4n) is 1.15. The SMILES string of the molecule is Cl.O=C(O)CN1CCCSCC1. The lowest BCUT2D eigenvalue weighted by molar-refractivity contribution is -0.138. The van der Waals surface area contributed by atoms with Crippen LogP contribution in [-0.4, -0.2) is 47.1 Å². The molecule has 0 unspecified atom stereocenters. The van der Waals surface area contributed by atoms with Gasteiger partial charge >= 0.3 is 5.97 Å². The Morgan fingerprint density at radius 1 is 1.42 bits per heavy atom.